The highest BCUT2D eigenvalue weighted by Gasteiger charge is 2.36. The van der Waals surface area contributed by atoms with Gasteiger partial charge in [0.05, 0.1) is 23.3 Å². The number of nitrogens with zero attached hydrogens (tertiary/aromatic N) is 5. The summed E-state index contributed by atoms with van der Waals surface area (Å²) in [4.78, 5) is 36.3. The van der Waals surface area contributed by atoms with Crippen LogP contribution < -0.4 is 10.5 Å². The van der Waals surface area contributed by atoms with Crippen LogP contribution >= 0.6 is 15.9 Å². The Morgan fingerprint density at radius 3 is 2.44 bits per heavy atom. The maximum atomic E-state index is 13.8. The molecule has 2 aliphatic rings. The summed E-state index contributed by atoms with van der Waals surface area (Å²) in [5, 5.41) is 5.17. The summed E-state index contributed by atoms with van der Waals surface area (Å²) in [6.45, 7) is 2.44. The third-order valence-corrected chi connectivity index (χ3v) is 7.22. The van der Waals surface area contributed by atoms with Gasteiger partial charge in [-0.2, -0.15) is 9.78 Å². The highest BCUT2D eigenvalue weighted by Crippen LogP contribution is 2.33. The molecule has 1 aromatic heterocycles. The first-order valence-corrected chi connectivity index (χ1v) is 12.9. The topological polar surface area (TPSA) is 70.8 Å². The van der Waals surface area contributed by atoms with Crippen molar-refractivity contribution in [3.05, 3.63) is 93.2 Å². The van der Waals surface area contributed by atoms with Crippen LogP contribution in [-0.4, -0.2) is 45.9 Å². The van der Waals surface area contributed by atoms with E-state index in [0.29, 0.717) is 29.0 Å². The quantitative estimate of drug-likeness (QED) is 0.369. The molecule has 3 heterocycles. The third-order valence-electron chi connectivity index (χ3n) is 6.73. The lowest BCUT2D eigenvalue weighted by atomic mass is 10.1. The average Bonchev–Trinajstić information content (AvgIpc) is 3.16. The normalized spacial score (nSPS) is 17.2. The van der Waals surface area contributed by atoms with Crippen molar-refractivity contribution in [2.45, 2.75) is 19.3 Å². The molecule has 0 radical (unpaired) electrons. The number of piperidine rings is 1. The zero-order chi connectivity index (χ0) is 24.6. The molecule has 3 aromatic carbocycles. The number of hydrogen-bond acceptors (Lipinski definition) is 5. The molecular formula is C28H24BrN5O2. The Morgan fingerprint density at radius 1 is 0.889 bits per heavy atom. The van der Waals surface area contributed by atoms with E-state index in [0.717, 1.165) is 41.7 Å². The van der Waals surface area contributed by atoms with E-state index < -0.39 is 0 Å². The van der Waals surface area contributed by atoms with E-state index in [1.54, 1.807) is 17.0 Å². The summed E-state index contributed by atoms with van der Waals surface area (Å²) in [6.07, 6.45) is 3.49. The summed E-state index contributed by atoms with van der Waals surface area (Å²) >= 11 is 3.54. The van der Waals surface area contributed by atoms with Gasteiger partial charge < -0.3 is 0 Å². The fourth-order valence-corrected chi connectivity index (χ4v) is 5.28. The number of carbonyl (C=O) groups excluding carboxylic acids is 1. The number of halogens is 1. The number of para-hydroxylation sites is 1. The van der Waals surface area contributed by atoms with Crippen molar-refractivity contribution in [2.24, 2.45) is 5.10 Å². The van der Waals surface area contributed by atoms with Gasteiger partial charge in [-0.15, -0.1) is 0 Å². The first-order chi connectivity index (χ1) is 17.6. The Balaban J connectivity index is 1.53. The molecule has 8 heteroatoms. The second-order valence-electron chi connectivity index (χ2n) is 9.10. The smallest absolute Gasteiger partial charge is 0.282 e. The fourth-order valence-electron chi connectivity index (χ4n) is 4.91. The van der Waals surface area contributed by atoms with Gasteiger partial charge in [0.25, 0.3) is 11.5 Å². The Morgan fingerprint density at radius 2 is 1.64 bits per heavy atom. The highest BCUT2D eigenvalue weighted by molar-refractivity contribution is 9.10. The first kappa shape index (κ1) is 22.8. The Kier molecular flexibility index (Phi) is 5.99. The molecule has 6 rings (SSSR count). The van der Waals surface area contributed by atoms with Crippen molar-refractivity contribution in [3.63, 3.8) is 0 Å². The van der Waals surface area contributed by atoms with Crippen LogP contribution in [0, 0.1) is 0 Å². The molecule has 7 nitrogen and oxygen atoms in total. The molecule has 180 valence electrons. The monoisotopic (exact) mass is 541 g/mol. The van der Waals surface area contributed by atoms with E-state index in [2.05, 4.69) is 20.8 Å². The van der Waals surface area contributed by atoms with Crippen LogP contribution in [0.4, 0.5) is 5.69 Å². The summed E-state index contributed by atoms with van der Waals surface area (Å²) in [7, 11) is 0. The molecule has 2 aliphatic heterocycles. The second kappa shape index (κ2) is 9.44. The zero-order valence-corrected chi connectivity index (χ0v) is 21.2. The van der Waals surface area contributed by atoms with Crippen molar-refractivity contribution < 1.29 is 4.79 Å². The summed E-state index contributed by atoms with van der Waals surface area (Å²) in [5.41, 5.74) is 2.76. The molecular weight excluding hydrogens is 518 g/mol. The van der Waals surface area contributed by atoms with E-state index >= 15 is 0 Å². The minimum atomic E-state index is -0.314. The lowest BCUT2D eigenvalue weighted by molar-refractivity contribution is -0.112. The second-order valence-corrected chi connectivity index (χ2v) is 10.0. The number of amides is 1. The minimum absolute atomic E-state index is 0.215. The largest absolute Gasteiger partial charge is 0.293 e. The molecule has 0 N–H and O–H groups in total. The lowest BCUT2D eigenvalue weighted by Crippen LogP contribution is -2.43. The SMILES string of the molecule is O=C1/C(=N/n2c(-c3ccccc3)nc3ccccc3c2=O)c2cc(Br)ccc2N1CN1CCCCC1. The van der Waals surface area contributed by atoms with Gasteiger partial charge in [0.2, 0.25) is 0 Å². The summed E-state index contributed by atoms with van der Waals surface area (Å²) in [6, 6.07) is 22.4. The van der Waals surface area contributed by atoms with E-state index in [-0.39, 0.29) is 17.2 Å². The number of likely N-dealkylation sites (tertiary alicyclic amines) is 1. The molecule has 0 aliphatic carbocycles. The van der Waals surface area contributed by atoms with Crippen molar-refractivity contribution in [3.8, 4) is 11.4 Å². The number of aromatic nitrogens is 2. The van der Waals surface area contributed by atoms with Gasteiger partial charge in [-0.05, 0) is 56.3 Å². The molecule has 1 fully saturated rings. The van der Waals surface area contributed by atoms with Gasteiger partial charge in [0.15, 0.2) is 11.5 Å². The van der Waals surface area contributed by atoms with Crippen LogP contribution in [0.3, 0.4) is 0 Å². The molecule has 0 atom stereocenters. The van der Waals surface area contributed by atoms with Gasteiger partial charge in [-0.25, -0.2) is 4.98 Å². The molecule has 0 saturated carbocycles. The van der Waals surface area contributed by atoms with Crippen molar-refractivity contribution in [1.29, 1.82) is 0 Å². The number of carbonyl (C=O) groups is 1. The van der Waals surface area contributed by atoms with Crippen molar-refractivity contribution >= 4 is 44.1 Å². The van der Waals surface area contributed by atoms with Crippen LogP contribution in [-0.2, 0) is 4.79 Å². The van der Waals surface area contributed by atoms with Crippen LogP contribution in [0.25, 0.3) is 22.3 Å². The predicted molar refractivity (Wildman–Crippen MR) is 145 cm³/mol. The zero-order valence-electron chi connectivity index (χ0n) is 19.6. The third kappa shape index (κ3) is 4.06. The molecule has 4 aromatic rings. The average molecular weight is 542 g/mol. The van der Waals surface area contributed by atoms with Gasteiger partial charge >= 0.3 is 0 Å². The predicted octanol–water partition coefficient (Wildman–Crippen LogP) is 4.87. The molecule has 1 saturated heterocycles. The molecule has 36 heavy (non-hydrogen) atoms. The maximum Gasteiger partial charge on any atom is 0.282 e. The van der Waals surface area contributed by atoms with Gasteiger partial charge in [0, 0.05) is 15.6 Å². The number of rotatable bonds is 4. The van der Waals surface area contributed by atoms with Gasteiger partial charge in [-0.3, -0.25) is 19.4 Å². The van der Waals surface area contributed by atoms with E-state index in [1.165, 1.54) is 11.1 Å². The number of fused-ring (bicyclic) bond motifs is 2. The highest BCUT2D eigenvalue weighted by atomic mass is 79.9. The van der Waals surface area contributed by atoms with E-state index in [9.17, 15) is 9.59 Å². The van der Waals surface area contributed by atoms with E-state index in [4.69, 9.17) is 10.1 Å². The molecule has 0 bridgehead atoms. The van der Waals surface area contributed by atoms with Crippen molar-refractivity contribution in [1.82, 2.24) is 14.6 Å². The Labute approximate surface area is 216 Å². The number of hydrogen-bond donors (Lipinski definition) is 0. The fraction of sp³-hybridized carbons (Fsp3) is 0.214. The van der Waals surface area contributed by atoms with Gasteiger partial charge in [0.1, 0.15) is 0 Å². The molecule has 0 unspecified atom stereocenters. The van der Waals surface area contributed by atoms with Gasteiger partial charge in [-0.1, -0.05) is 64.8 Å². The standard InChI is InChI=1S/C28H24BrN5O2/c29-20-13-14-24-22(17-20)25(28(36)33(24)18-32-15-7-2-8-16-32)31-34-26(19-9-3-1-4-10-19)30-23-12-6-5-11-21(23)27(34)35/h1,3-6,9-14,17H,2,7-8,15-16,18H2/b31-25+. The minimum Gasteiger partial charge on any atom is -0.293 e. The maximum absolute atomic E-state index is 13.8. The van der Waals surface area contributed by atoms with Crippen LogP contribution in [0.1, 0.15) is 24.8 Å². The number of benzene rings is 3. The van der Waals surface area contributed by atoms with Crippen molar-refractivity contribution in [2.75, 3.05) is 24.7 Å². The Bertz CT molecular complexity index is 1560. The van der Waals surface area contributed by atoms with Crippen LogP contribution in [0.15, 0.2) is 87.2 Å². The lowest BCUT2D eigenvalue weighted by Gasteiger charge is -2.30. The number of anilines is 1. The summed E-state index contributed by atoms with van der Waals surface area (Å²) < 4.78 is 2.12. The summed E-state index contributed by atoms with van der Waals surface area (Å²) in [5.74, 6) is 0.179. The van der Waals surface area contributed by atoms with Crippen LogP contribution in [0.2, 0.25) is 0 Å². The Hall–Kier alpha value is -3.62. The molecule has 1 amide bonds. The molecule has 0 spiro atoms. The first-order valence-electron chi connectivity index (χ1n) is 12.1. The van der Waals surface area contributed by atoms with E-state index in [1.807, 2.05) is 60.7 Å². The van der Waals surface area contributed by atoms with Crippen LogP contribution in [0.5, 0.6) is 0 Å².